The highest BCUT2D eigenvalue weighted by atomic mass is 16.1. The van der Waals surface area contributed by atoms with Gasteiger partial charge in [-0.1, -0.05) is 20.8 Å². The molecule has 0 aliphatic rings. The van der Waals surface area contributed by atoms with Gasteiger partial charge in [0.05, 0.1) is 0 Å². The second-order valence-electron chi connectivity index (χ2n) is 2.17. The van der Waals surface area contributed by atoms with E-state index in [-0.39, 0.29) is 0 Å². The van der Waals surface area contributed by atoms with Gasteiger partial charge in [-0.25, -0.2) is 0 Å². The van der Waals surface area contributed by atoms with Gasteiger partial charge in [0.2, 0.25) is 0 Å². The minimum Gasteiger partial charge on any atom is -0.299 e. The molecule has 0 aliphatic carbocycles. The molecule has 1 heteroatoms. The normalized spacial score (nSPS) is 10.0. The molecule has 0 saturated heterocycles. The zero-order chi connectivity index (χ0) is 6.57. The number of ketones is 1. The molecule has 0 aliphatic heterocycles. The number of carbonyl (C=O) groups excluding carboxylic acids is 1. The second kappa shape index (κ2) is 3.65. The third-order valence-electron chi connectivity index (χ3n) is 1.03. The Bertz CT molecular complexity index is 74.5. The first-order valence-corrected chi connectivity index (χ1v) is 3.01. The Hall–Kier alpha value is -0.330. The standard InChI is InChI=1S/C7H13O/c1-4-5-7(8)6(2)3/h4-5H2,1-3H3. The van der Waals surface area contributed by atoms with Crippen molar-refractivity contribution < 1.29 is 4.79 Å². The first-order chi connectivity index (χ1) is 3.68. The first kappa shape index (κ1) is 7.67. The van der Waals surface area contributed by atoms with Crippen LogP contribution in [0.1, 0.15) is 33.6 Å². The van der Waals surface area contributed by atoms with Crippen LogP contribution in [0.25, 0.3) is 0 Å². The molecule has 0 rings (SSSR count). The quantitative estimate of drug-likeness (QED) is 0.547. The van der Waals surface area contributed by atoms with Crippen molar-refractivity contribution >= 4 is 5.78 Å². The largest absolute Gasteiger partial charge is 0.299 e. The van der Waals surface area contributed by atoms with Gasteiger partial charge >= 0.3 is 0 Å². The van der Waals surface area contributed by atoms with Crippen molar-refractivity contribution in [2.24, 2.45) is 0 Å². The molecule has 0 N–H and O–H groups in total. The molecule has 0 atom stereocenters. The number of hydrogen-bond acceptors (Lipinski definition) is 1. The third kappa shape index (κ3) is 2.78. The summed E-state index contributed by atoms with van der Waals surface area (Å²) >= 11 is 0. The lowest BCUT2D eigenvalue weighted by Gasteiger charge is -1.97. The Balaban J connectivity index is 3.33. The molecule has 1 radical (unpaired) electrons. The average molecular weight is 113 g/mol. The molecule has 0 aromatic heterocycles. The van der Waals surface area contributed by atoms with E-state index in [4.69, 9.17) is 0 Å². The van der Waals surface area contributed by atoms with Crippen molar-refractivity contribution in [1.82, 2.24) is 0 Å². The highest BCUT2D eigenvalue weighted by Crippen LogP contribution is 2.02. The van der Waals surface area contributed by atoms with Gasteiger partial charge in [0, 0.05) is 12.3 Å². The molecule has 0 heterocycles. The van der Waals surface area contributed by atoms with E-state index in [1.165, 1.54) is 0 Å². The maximum absolute atomic E-state index is 10.7. The average Bonchev–Trinajstić information content (AvgIpc) is 1.67. The van der Waals surface area contributed by atoms with Crippen LogP contribution in [-0.4, -0.2) is 5.78 Å². The van der Waals surface area contributed by atoms with Crippen LogP contribution in [0.2, 0.25) is 0 Å². The highest BCUT2D eigenvalue weighted by Gasteiger charge is 2.04. The summed E-state index contributed by atoms with van der Waals surface area (Å²) in [6.07, 6.45) is 1.67. The number of Topliss-reactive ketones (excluding diaryl/α,β-unsaturated/α-hetero) is 1. The fraction of sp³-hybridized carbons (Fsp3) is 0.714. The summed E-state index contributed by atoms with van der Waals surface area (Å²) in [5, 5.41) is 0. The van der Waals surface area contributed by atoms with E-state index < -0.39 is 0 Å². The first-order valence-electron chi connectivity index (χ1n) is 3.01. The predicted octanol–water partition coefficient (Wildman–Crippen LogP) is 1.97. The van der Waals surface area contributed by atoms with Crippen molar-refractivity contribution in [3.05, 3.63) is 5.92 Å². The third-order valence-corrected chi connectivity index (χ3v) is 1.03. The fourth-order valence-corrected chi connectivity index (χ4v) is 0.477. The van der Waals surface area contributed by atoms with Crippen molar-refractivity contribution in [2.45, 2.75) is 33.6 Å². The van der Waals surface area contributed by atoms with E-state index in [9.17, 15) is 4.79 Å². The lowest BCUT2D eigenvalue weighted by molar-refractivity contribution is -0.117. The van der Waals surface area contributed by atoms with Crippen LogP contribution < -0.4 is 0 Å². The minimum absolute atomic E-state index is 0.299. The van der Waals surface area contributed by atoms with Gasteiger partial charge in [-0.15, -0.1) is 0 Å². The van der Waals surface area contributed by atoms with E-state index in [1.807, 2.05) is 20.8 Å². The Morgan fingerprint density at radius 3 is 2.00 bits per heavy atom. The lowest BCUT2D eigenvalue weighted by atomic mass is 10.1. The van der Waals surface area contributed by atoms with Gasteiger partial charge in [0.25, 0.3) is 0 Å². The van der Waals surface area contributed by atoms with Crippen molar-refractivity contribution in [3.63, 3.8) is 0 Å². The zero-order valence-corrected chi connectivity index (χ0v) is 5.82. The number of rotatable bonds is 3. The zero-order valence-electron chi connectivity index (χ0n) is 5.82. The Labute approximate surface area is 51.1 Å². The van der Waals surface area contributed by atoms with Crippen LogP contribution >= 0.6 is 0 Å². The van der Waals surface area contributed by atoms with Crippen LogP contribution in [-0.2, 0) is 4.79 Å². The van der Waals surface area contributed by atoms with E-state index in [2.05, 4.69) is 0 Å². The van der Waals surface area contributed by atoms with Crippen molar-refractivity contribution in [2.75, 3.05) is 0 Å². The summed E-state index contributed by atoms with van der Waals surface area (Å²) in [6.45, 7) is 5.73. The molecule has 47 valence electrons. The molecule has 1 nitrogen and oxygen atoms in total. The van der Waals surface area contributed by atoms with Gasteiger partial charge in [-0.2, -0.15) is 0 Å². The number of carbonyl (C=O) groups is 1. The lowest BCUT2D eigenvalue weighted by Crippen LogP contribution is -2.02. The van der Waals surface area contributed by atoms with E-state index in [0.29, 0.717) is 12.2 Å². The SMILES string of the molecule is CCCC(=O)[C](C)C. The van der Waals surface area contributed by atoms with Crippen LogP contribution in [0.4, 0.5) is 0 Å². The predicted molar refractivity (Wildman–Crippen MR) is 34.5 cm³/mol. The number of hydrogen-bond donors (Lipinski definition) is 0. The van der Waals surface area contributed by atoms with Gasteiger partial charge in [0.15, 0.2) is 0 Å². The molecular weight excluding hydrogens is 100 g/mol. The Kier molecular flexibility index (Phi) is 3.49. The molecule has 0 spiro atoms. The molecule has 0 unspecified atom stereocenters. The summed E-state index contributed by atoms with van der Waals surface area (Å²) in [7, 11) is 0. The molecular formula is C7H13O. The van der Waals surface area contributed by atoms with Crippen LogP contribution in [0.5, 0.6) is 0 Å². The van der Waals surface area contributed by atoms with Gasteiger partial charge < -0.3 is 0 Å². The summed E-state index contributed by atoms with van der Waals surface area (Å²) in [4.78, 5) is 10.7. The molecule has 0 bridgehead atoms. The molecule has 0 aromatic carbocycles. The Morgan fingerprint density at radius 1 is 1.38 bits per heavy atom. The van der Waals surface area contributed by atoms with E-state index in [1.54, 1.807) is 0 Å². The van der Waals surface area contributed by atoms with Crippen LogP contribution in [0.3, 0.4) is 0 Å². The van der Waals surface area contributed by atoms with Gasteiger partial charge in [-0.05, 0) is 6.42 Å². The van der Waals surface area contributed by atoms with E-state index in [0.717, 1.165) is 12.3 Å². The highest BCUT2D eigenvalue weighted by molar-refractivity contribution is 5.90. The van der Waals surface area contributed by atoms with E-state index >= 15 is 0 Å². The summed E-state index contributed by atoms with van der Waals surface area (Å²) in [5.41, 5.74) is 0. The minimum atomic E-state index is 0.299. The molecule has 0 fully saturated rings. The van der Waals surface area contributed by atoms with Gasteiger partial charge in [-0.3, -0.25) is 4.79 Å². The second-order valence-corrected chi connectivity index (χ2v) is 2.17. The maximum atomic E-state index is 10.7. The van der Waals surface area contributed by atoms with Crippen molar-refractivity contribution in [3.8, 4) is 0 Å². The van der Waals surface area contributed by atoms with Gasteiger partial charge in [0.1, 0.15) is 5.78 Å². The van der Waals surface area contributed by atoms with Crippen molar-refractivity contribution in [1.29, 1.82) is 0 Å². The van der Waals surface area contributed by atoms with Crippen LogP contribution in [0, 0.1) is 5.92 Å². The fourth-order valence-electron chi connectivity index (χ4n) is 0.477. The maximum Gasteiger partial charge on any atom is 0.139 e. The molecule has 0 amide bonds. The van der Waals surface area contributed by atoms with Crippen LogP contribution in [0.15, 0.2) is 0 Å². The summed E-state index contributed by atoms with van der Waals surface area (Å²) < 4.78 is 0. The smallest absolute Gasteiger partial charge is 0.139 e. The molecule has 0 saturated carbocycles. The Morgan fingerprint density at radius 2 is 1.88 bits per heavy atom. The molecule has 8 heavy (non-hydrogen) atoms. The molecule has 0 aromatic rings. The monoisotopic (exact) mass is 113 g/mol. The summed E-state index contributed by atoms with van der Waals surface area (Å²) in [6, 6.07) is 0. The summed E-state index contributed by atoms with van der Waals surface area (Å²) in [5.74, 6) is 1.22. The topological polar surface area (TPSA) is 17.1 Å².